The Morgan fingerprint density at radius 2 is 1.94 bits per heavy atom. The molecule has 2 aliphatic rings. The number of carbonyl (C=O) groups excluding carboxylic acids is 2. The van der Waals surface area contributed by atoms with Gasteiger partial charge in [0.05, 0.1) is 37.5 Å². The number of carbonyl (C=O) groups is 2. The van der Waals surface area contributed by atoms with Gasteiger partial charge >= 0.3 is 0 Å². The minimum Gasteiger partial charge on any atom is -0.497 e. The van der Waals surface area contributed by atoms with Gasteiger partial charge in [-0.15, -0.1) is 11.3 Å². The highest BCUT2D eigenvalue weighted by Gasteiger charge is 2.37. The summed E-state index contributed by atoms with van der Waals surface area (Å²) < 4.78 is 16.3. The lowest BCUT2D eigenvalue weighted by Gasteiger charge is -2.29. The third-order valence-corrected chi connectivity index (χ3v) is 7.59. The van der Waals surface area contributed by atoms with Crippen molar-refractivity contribution in [3.8, 4) is 11.5 Å². The van der Waals surface area contributed by atoms with Gasteiger partial charge < -0.3 is 19.1 Å². The van der Waals surface area contributed by atoms with Crippen molar-refractivity contribution < 1.29 is 23.8 Å². The van der Waals surface area contributed by atoms with Crippen molar-refractivity contribution in [2.24, 2.45) is 11.0 Å². The second kappa shape index (κ2) is 11.7. The van der Waals surface area contributed by atoms with Crippen LogP contribution >= 0.6 is 11.3 Å². The van der Waals surface area contributed by atoms with Crippen LogP contribution in [-0.2, 0) is 14.3 Å². The quantitative estimate of drug-likeness (QED) is 0.492. The Bertz CT molecular complexity index is 1050. The number of ether oxygens (including phenoxy) is 3. The van der Waals surface area contributed by atoms with E-state index in [-0.39, 0.29) is 30.3 Å². The van der Waals surface area contributed by atoms with Crippen molar-refractivity contribution in [2.45, 2.75) is 38.1 Å². The van der Waals surface area contributed by atoms with Crippen LogP contribution in [-0.4, -0.2) is 68.5 Å². The van der Waals surface area contributed by atoms with Crippen LogP contribution in [0.1, 0.15) is 48.6 Å². The number of rotatable bonds is 10. The van der Waals surface area contributed by atoms with E-state index in [2.05, 4.69) is 0 Å². The van der Waals surface area contributed by atoms with E-state index in [1.807, 2.05) is 35.7 Å². The average Bonchev–Trinajstić information content (AvgIpc) is 3.67. The van der Waals surface area contributed by atoms with Gasteiger partial charge in [-0.3, -0.25) is 9.59 Å². The van der Waals surface area contributed by atoms with Gasteiger partial charge in [0.25, 0.3) is 5.91 Å². The second-order valence-corrected chi connectivity index (χ2v) is 9.77. The molecule has 8 nitrogen and oxygen atoms in total. The lowest BCUT2D eigenvalue weighted by atomic mass is 9.99. The molecule has 0 saturated heterocycles. The molecule has 2 amide bonds. The highest BCUT2D eigenvalue weighted by molar-refractivity contribution is 7.12. The molecule has 0 radical (unpaired) electrons. The van der Waals surface area contributed by atoms with Gasteiger partial charge in [0.1, 0.15) is 18.0 Å². The smallest absolute Gasteiger partial charge is 0.262 e. The fourth-order valence-electron chi connectivity index (χ4n) is 4.81. The van der Waals surface area contributed by atoms with Gasteiger partial charge in [-0.05, 0) is 42.5 Å². The van der Waals surface area contributed by atoms with E-state index in [4.69, 9.17) is 19.3 Å². The zero-order valence-electron chi connectivity index (χ0n) is 20.6. The zero-order chi connectivity index (χ0) is 24.8. The summed E-state index contributed by atoms with van der Waals surface area (Å²) in [5.74, 6) is 1.13. The minimum absolute atomic E-state index is 0.0160. The fourth-order valence-corrected chi connectivity index (χ4v) is 5.53. The lowest BCUT2D eigenvalue weighted by Crippen LogP contribution is -2.44. The third-order valence-electron chi connectivity index (χ3n) is 6.67. The first kappa shape index (κ1) is 25.2. The number of hydrogen-bond donors (Lipinski definition) is 0. The van der Waals surface area contributed by atoms with Crippen LogP contribution in [0.15, 0.2) is 40.8 Å². The van der Waals surface area contributed by atoms with Gasteiger partial charge in [-0.1, -0.05) is 18.9 Å². The number of methoxy groups -OCH3 is 3. The maximum atomic E-state index is 13.7. The molecule has 0 bridgehead atoms. The van der Waals surface area contributed by atoms with E-state index >= 15 is 0 Å². The molecular formula is C26H33N3O5S. The van der Waals surface area contributed by atoms with Crippen LogP contribution in [0.3, 0.4) is 0 Å². The molecule has 1 atom stereocenters. The van der Waals surface area contributed by atoms with Crippen molar-refractivity contribution in [1.82, 2.24) is 9.91 Å². The van der Waals surface area contributed by atoms with Gasteiger partial charge in [0.15, 0.2) is 0 Å². The summed E-state index contributed by atoms with van der Waals surface area (Å²) in [7, 11) is 4.82. The molecule has 1 aromatic carbocycles. The summed E-state index contributed by atoms with van der Waals surface area (Å²) in [4.78, 5) is 29.6. The second-order valence-electron chi connectivity index (χ2n) is 8.82. The SMILES string of the molecule is COCCN(CC(=O)N1N=C(c2cccs2)C[C@H]1c1cc(OC)ccc1OC)C(=O)C1CCCC1. The summed E-state index contributed by atoms with van der Waals surface area (Å²) in [6, 6.07) is 9.18. The fraction of sp³-hybridized carbons (Fsp3) is 0.500. The number of hydrogen-bond acceptors (Lipinski definition) is 7. The zero-order valence-corrected chi connectivity index (χ0v) is 21.4. The van der Waals surface area contributed by atoms with Crippen LogP contribution < -0.4 is 9.47 Å². The Hall–Kier alpha value is -2.91. The molecule has 0 N–H and O–H groups in total. The number of hydrazone groups is 1. The van der Waals surface area contributed by atoms with Crippen LogP contribution in [0.25, 0.3) is 0 Å². The topological polar surface area (TPSA) is 80.7 Å². The maximum absolute atomic E-state index is 13.7. The van der Waals surface area contributed by atoms with Crippen molar-refractivity contribution in [1.29, 1.82) is 0 Å². The van der Waals surface area contributed by atoms with E-state index in [0.29, 0.717) is 31.1 Å². The molecule has 4 rings (SSSR count). The van der Waals surface area contributed by atoms with Crippen molar-refractivity contribution >= 4 is 28.9 Å². The molecule has 1 fully saturated rings. The van der Waals surface area contributed by atoms with Crippen LogP contribution in [0.2, 0.25) is 0 Å². The van der Waals surface area contributed by atoms with E-state index in [1.54, 1.807) is 37.6 Å². The first-order valence-electron chi connectivity index (χ1n) is 12.0. The maximum Gasteiger partial charge on any atom is 0.262 e. The lowest BCUT2D eigenvalue weighted by molar-refractivity contribution is -0.144. The summed E-state index contributed by atoms with van der Waals surface area (Å²) in [5, 5.41) is 8.27. The average molecular weight is 500 g/mol. The molecule has 2 heterocycles. The third kappa shape index (κ3) is 5.67. The molecule has 0 unspecified atom stereocenters. The molecular weight excluding hydrogens is 466 g/mol. The summed E-state index contributed by atoms with van der Waals surface area (Å²) in [6.07, 6.45) is 4.42. The van der Waals surface area contributed by atoms with E-state index < -0.39 is 0 Å². The largest absolute Gasteiger partial charge is 0.497 e. The molecule has 2 aromatic rings. The first-order valence-corrected chi connectivity index (χ1v) is 12.9. The Morgan fingerprint density at radius 1 is 1.14 bits per heavy atom. The van der Waals surface area contributed by atoms with Crippen LogP contribution in [0, 0.1) is 5.92 Å². The van der Waals surface area contributed by atoms with Crippen molar-refractivity contribution in [3.63, 3.8) is 0 Å². The number of nitrogens with zero attached hydrogens (tertiary/aromatic N) is 3. The van der Waals surface area contributed by atoms with Crippen LogP contribution in [0.5, 0.6) is 11.5 Å². The van der Waals surface area contributed by atoms with E-state index in [1.165, 1.54) is 5.01 Å². The van der Waals surface area contributed by atoms with Crippen LogP contribution in [0.4, 0.5) is 0 Å². The highest BCUT2D eigenvalue weighted by atomic mass is 32.1. The highest BCUT2D eigenvalue weighted by Crippen LogP contribution is 2.40. The molecule has 1 aromatic heterocycles. The normalized spacial score (nSPS) is 18.0. The standard InChI is InChI=1S/C26H33N3O5S/c1-32-13-12-28(26(31)18-7-4-5-8-18)17-25(30)29-22(16-21(27-29)24-9-6-14-35-24)20-15-19(33-2)10-11-23(20)34-3/h6,9-11,14-15,18,22H,4-5,7-8,12-13,16-17H2,1-3H3/t22-/m0/s1. The number of benzene rings is 1. The summed E-state index contributed by atoms with van der Waals surface area (Å²) >= 11 is 1.59. The van der Waals surface area contributed by atoms with E-state index in [9.17, 15) is 9.59 Å². The van der Waals surface area contributed by atoms with E-state index in [0.717, 1.165) is 41.8 Å². The molecule has 0 spiro atoms. The molecule has 9 heteroatoms. The Morgan fingerprint density at radius 3 is 2.60 bits per heavy atom. The predicted octanol–water partition coefficient (Wildman–Crippen LogP) is 4.11. The predicted molar refractivity (Wildman–Crippen MR) is 135 cm³/mol. The number of amides is 2. The molecule has 188 valence electrons. The first-order chi connectivity index (χ1) is 17.0. The molecule has 35 heavy (non-hydrogen) atoms. The molecule has 1 saturated carbocycles. The Kier molecular flexibility index (Phi) is 8.41. The molecule has 1 aliphatic heterocycles. The number of thiophene rings is 1. The minimum atomic E-state index is -0.365. The Labute approximate surface area is 210 Å². The van der Waals surface area contributed by atoms with Crippen molar-refractivity contribution in [2.75, 3.05) is 41.0 Å². The van der Waals surface area contributed by atoms with Crippen molar-refractivity contribution in [3.05, 3.63) is 46.2 Å². The monoisotopic (exact) mass is 499 g/mol. The van der Waals surface area contributed by atoms with Gasteiger partial charge in [-0.2, -0.15) is 5.10 Å². The van der Waals surface area contributed by atoms with Gasteiger partial charge in [0.2, 0.25) is 5.91 Å². The van der Waals surface area contributed by atoms with Gasteiger partial charge in [-0.25, -0.2) is 5.01 Å². The summed E-state index contributed by atoms with van der Waals surface area (Å²) in [5.41, 5.74) is 1.66. The summed E-state index contributed by atoms with van der Waals surface area (Å²) in [6.45, 7) is 0.714. The van der Waals surface area contributed by atoms with Gasteiger partial charge in [0, 0.05) is 31.6 Å². The Balaban J connectivity index is 1.63. The molecule has 1 aliphatic carbocycles.